The van der Waals surface area contributed by atoms with Gasteiger partial charge in [0, 0.05) is 35.6 Å². The lowest BCUT2D eigenvalue weighted by Gasteiger charge is -2.10. The van der Waals surface area contributed by atoms with Gasteiger partial charge in [-0.3, -0.25) is 14.4 Å². The minimum Gasteiger partial charge on any atom is -0.376 e. The van der Waals surface area contributed by atoms with Crippen LogP contribution in [0.4, 0.5) is 11.4 Å². The fourth-order valence-electron chi connectivity index (χ4n) is 2.32. The molecule has 0 atom stereocenters. The highest BCUT2D eigenvalue weighted by molar-refractivity contribution is 5.97. The molecule has 0 aliphatic carbocycles. The van der Waals surface area contributed by atoms with Crippen LogP contribution in [-0.4, -0.2) is 37.4 Å². The van der Waals surface area contributed by atoms with Crippen LogP contribution in [0.2, 0.25) is 0 Å². The third-order valence-electron chi connectivity index (χ3n) is 3.68. The Labute approximate surface area is 158 Å². The van der Waals surface area contributed by atoms with E-state index < -0.39 is 0 Å². The van der Waals surface area contributed by atoms with Crippen molar-refractivity contribution in [3.8, 4) is 0 Å². The topological polar surface area (TPSA) is 99.3 Å². The van der Waals surface area contributed by atoms with E-state index in [1.165, 1.54) is 0 Å². The van der Waals surface area contributed by atoms with Crippen LogP contribution in [0.25, 0.3) is 0 Å². The van der Waals surface area contributed by atoms with Gasteiger partial charge >= 0.3 is 0 Å². The number of benzene rings is 2. The van der Waals surface area contributed by atoms with Gasteiger partial charge in [0.2, 0.25) is 5.91 Å². The van der Waals surface area contributed by atoms with Crippen molar-refractivity contribution < 1.29 is 14.4 Å². The fraction of sp³-hybridized carbons (Fsp3) is 0.250. The third-order valence-corrected chi connectivity index (χ3v) is 3.68. The first-order valence-electron chi connectivity index (χ1n) is 8.66. The number of carbonyl (C=O) groups is 3. The molecule has 0 heterocycles. The van der Waals surface area contributed by atoms with Gasteiger partial charge in [-0.05, 0) is 62.4 Å². The van der Waals surface area contributed by atoms with Gasteiger partial charge in [-0.15, -0.1) is 0 Å². The second-order valence-corrected chi connectivity index (χ2v) is 6.26. The summed E-state index contributed by atoms with van der Waals surface area (Å²) in [6.45, 7) is 3.88. The highest BCUT2D eigenvalue weighted by Gasteiger charge is 2.08. The summed E-state index contributed by atoms with van der Waals surface area (Å²) >= 11 is 0. The molecule has 0 aliphatic heterocycles. The van der Waals surface area contributed by atoms with E-state index in [0.29, 0.717) is 16.8 Å². The molecule has 0 spiro atoms. The standard InChI is InChI=1S/C20H24N4O3/c1-13(2)23-20(27)15-4-8-16(9-5-15)22-12-18(25)24-17-10-6-14(7-11-17)19(26)21-3/h4-11,13,22H,12H2,1-3H3,(H,21,26)(H,23,27)(H,24,25). The molecule has 7 heteroatoms. The monoisotopic (exact) mass is 368 g/mol. The normalized spacial score (nSPS) is 10.2. The number of hydrogen-bond donors (Lipinski definition) is 4. The van der Waals surface area contributed by atoms with E-state index in [9.17, 15) is 14.4 Å². The first-order valence-corrected chi connectivity index (χ1v) is 8.66. The van der Waals surface area contributed by atoms with Crippen molar-refractivity contribution in [2.45, 2.75) is 19.9 Å². The maximum Gasteiger partial charge on any atom is 0.251 e. The molecule has 2 aromatic carbocycles. The van der Waals surface area contributed by atoms with E-state index >= 15 is 0 Å². The van der Waals surface area contributed by atoms with Crippen molar-refractivity contribution in [3.63, 3.8) is 0 Å². The minimum absolute atomic E-state index is 0.0735. The van der Waals surface area contributed by atoms with Gasteiger partial charge in [0.25, 0.3) is 11.8 Å². The summed E-state index contributed by atoms with van der Waals surface area (Å²) in [5.74, 6) is -0.529. The van der Waals surface area contributed by atoms with E-state index in [-0.39, 0.29) is 30.3 Å². The molecule has 0 unspecified atom stereocenters. The lowest BCUT2D eigenvalue weighted by atomic mass is 10.2. The average molecular weight is 368 g/mol. The molecular formula is C20H24N4O3. The maximum atomic E-state index is 12.0. The molecule has 0 aliphatic rings. The molecule has 3 amide bonds. The number of anilines is 2. The second-order valence-electron chi connectivity index (χ2n) is 6.26. The zero-order valence-electron chi connectivity index (χ0n) is 15.6. The van der Waals surface area contributed by atoms with Gasteiger partial charge in [0.15, 0.2) is 0 Å². The van der Waals surface area contributed by atoms with Crippen molar-refractivity contribution in [1.29, 1.82) is 0 Å². The van der Waals surface area contributed by atoms with Crippen molar-refractivity contribution in [1.82, 2.24) is 10.6 Å². The summed E-state index contributed by atoms with van der Waals surface area (Å²) in [5, 5.41) is 11.1. The smallest absolute Gasteiger partial charge is 0.251 e. The van der Waals surface area contributed by atoms with Crippen LogP contribution in [0.3, 0.4) is 0 Å². The Kier molecular flexibility index (Phi) is 6.93. The molecule has 0 bridgehead atoms. The van der Waals surface area contributed by atoms with Crippen LogP contribution in [0.15, 0.2) is 48.5 Å². The highest BCUT2D eigenvalue weighted by Crippen LogP contribution is 2.11. The molecule has 2 aromatic rings. The summed E-state index contributed by atoms with van der Waals surface area (Å²) in [5.41, 5.74) is 2.43. The van der Waals surface area contributed by atoms with E-state index in [4.69, 9.17) is 0 Å². The van der Waals surface area contributed by atoms with Crippen molar-refractivity contribution in [2.75, 3.05) is 24.2 Å². The number of carbonyl (C=O) groups excluding carboxylic acids is 3. The first-order chi connectivity index (χ1) is 12.9. The zero-order chi connectivity index (χ0) is 19.8. The van der Waals surface area contributed by atoms with Gasteiger partial charge in [-0.2, -0.15) is 0 Å². The van der Waals surface area contributed by atoms with Crippen molar-refractivity contribution in [2.24, 2.45) is 0 Å². The Balaban J connectivity index is 1.84. The second kappa shape index (κ2) is 9.38. The Hall–Kier alpha value is -3.35. The van der Waals surface area contributed by atoms with E-state index in [0.717, 1.165) is 5.69 Å². The van der Waals surface area contributed by atoms with Crippen LogP contribution in [-0.2, 0) is 4.79 Å². The molecule has 0 radical (unpaired) electrons. The van der Waals surface area contributed by atoms with Crippen molar-refractivity contribution in [3.05, 3.63) is 59.7 Å². The van der Waals surface area contributed by atoms with Crippen LogP contribution in [0.1, 0.15) is 34.6 Å². The zero-order valence-corrected chi connectivity index (χ0v) is 15.6. The number of hydrogen-bond acceptors (Lipinski definition) is 4. The molecule has 4 N–H and O–H groups in total. The van der Waals surface area contributed by atoms with Crippen LogP contribution in [0, 0.1) is 0 Å². The van der Waals surface area contributed by atoms with Crippen LogP contribution >= 0.6 is 0 Å². The molecule has 2 rings (SSSR count). The molecule has 0 fully saturated rings. The number of rotatable bonds is 7. The highest BCUT2D eigenvalue weighted by atomic mass is 16.2. The summed E-state index contributed by atoms with van der Waals surface area (Å²) in [6, 6.07) is 13.6. The lowest BCUT2D eigenvalue weighted by molar-refractivity contribution is -0.114. The molecule has 27 heavy (non-hydrogen) atoms. The van der Waals surface area contributed by atoms with Gasteiger partial charge in [0.05, 0.1) is 6.54 Å². The SMILES string of the molecule is CNC(=O)c1ccc(NC(=O)CNc2ccc(C(=O)NC(C)C)cc2)cc1. The Morgan fingerprint density at radius 2 is 1.33 bits per heavy atom. The van der Waals surface area contributed by atoms with E-state index in [1.54, 1.807) is 55.6 Å². The first kappa shape index (κ1) is 20.0. The average Bonchev–Trinajstić information content (AvgIpc) is 2.66. The Morgan fingerprint density at radius 1 is 0.815 bits per heavy atom. The van der Waals surface area contributed by atoms with Crippen LogP contribution in [0.5, 0.6) is 0 Å². The molecule has 142 valence electrons. The van der Waals surface area contributed by atoms with E-state index in [2.05, 4.69) is 21.3 Å². The Bertz CT molecular complexity index is 799. The maximum absolute atomic E-state index is 12.0. The quantitative estimate of drug-likeness (QED) is 0.602. The molecule has 7 nitrogen and oxygen atoms in total. The largest absolute Gasteiger partial charge is 0.376 e. The predicted molar refractivity (Wildman–Crippen MR) is 106 cm³/mol. The molecule has 0 saturated heterocycles. The summed E-state index contributed by atoms with van der Waals surface area (Å²) in [7, 11) is 1.56. The minimum atomic E-state index is -0.218. The Morgan fingerprint density at radius 3 is 1.85 bits per heavy atom. The van der Waals surface area contributed by atoms with Gasteiger partial charge in [-0.25, -0.2) is 0 Å². The molecular weight excluding hydrogens is 344 g/mol. The van der Waals surface area contributed by atoms with Gasteiger partial charge in [0.1, 0.15) is 0 Å². The summed E-state index contributed by atoms with van der Waals surface area (Å²) in [6.07, 6.45) is 0. The third kappa shape index (κ3) is 6.14. The number of nitrogens with one attached hydrogen (secondary N) is 4. The van der Waals surface area contributed by atoms with Crippen molar-refractivity contribution >= 4 is 29.1 Å². The summed E-state index contributed by atoms with van der Waals surface area (Å²) in [4.78, 5) is 35.4. The fourth-order valence-corrected chi connectivity index (χ4v) is 2.32. The molecule has 0 aromatic heterocycles. The van der Waals surface area contributed by atoms with Gasteiger partial charge in [-0.1, -0.05) is 0 Å². The van der Waals surface area contributed by atoms with Gasteiger partial charge < -0.3 is 21.3 Å². The molecule has 0 saturated carbocycles. The predicted octanol–water partition coefficient (Wildman–Crippen LogP) is 2.23. The van der Waals surface area contributed by atoms with E-state index in [1.807, 2.05) is 13.8 Å². The lowest BCUT2D eigenvalue weighted by Crippen LogP contribution is -2.30. The van der Waals surface area contributed by atoms with Crippen LogP contribution < -0.4 is 21.3 Å². The summed E-state index contributed by atoms with van der Waals surface area (Å²) < 4.78 is 0. The number of amides is 3.